The second kappa shape index (κ2) is 58.4. The molecule has 0 rings (SSSR count). The second-order valence-corrected chi connectivity index (χ2v) is 21.5. The van der Waals surface area contributed by atoms with Crippen LogP contribution in [0.15, 0.2) is 12.2 Å². The molecule has 1 amide bonds. The van der Waals surface area contributed by atoms with Crippen LogP contribution in [0.3, 0.4) is 0 Å². The Hall–Kier alpha value is -0.870. The molecule has 0 bridgehead atoms. The number of nitrogens with one attached hydrogen (secondary N) is 1. The Bertz CT molecular complexity index is 921. The average Bonchev–Trinajstić information content (AvgIpc) is 3.32. The van der Waals surface area contributed by atoms with E-state index in [0.29, 0.717) is 6.42 Å². The number of carbonyl (C=O) groups is 1. The molecule has 0 saturated heterocycles. The first-order valence-electron chi connectivity index (χ1n) is 30.9. The lowest BCUT2D eigenvalue weighted by atomic mass is 10.0. The summed E-state index contributed by atoms with van der Waals surface area (Å²) in [5.74, 6) is -0.0545. The van der Waals surface area contributed by atoms with E-state index in [1.807, 2.05) is 6.08 Å². The van der Waals surface area contributed by atoms with E-state index in [1.54, 1.807) is 6.08 Å². The summed E-state index contributed by atoms with van der Waals surface area (Å²) in [7, 11) is 0. The molecule has 0 aromatic rings. The maximum absolute atomic E-state index is 12.5. The fraction of sp³-hybridized carbons (Fsp3) is 0.952. The third-order valence-electron chi connectivity index (χ3n) is 14.8. The van der Waals surface area contributed by atoms with Crippen molar-refractivity contribution in [3.63, 3.8) is 0 Å². The van der Waals surface area contributed by atoms with E-state index in [2.05, 4.69) is 19.2 Å². The molecule has 3 N–H and O–H groups in total. The number of carbonyl (C=O) groups excluding carboxylic acids is 1. The summed E-state index contributed by atoms with van der Waals surface area (Å²) < 4.78 is 0. The Labute approximate surface area is 416 Å². The van der Waals surface area contributed by atoms with Gasteiger partial charge in [0.2, 0.25) is 5.91 Å². The van der Waals surface area contributed by atoms with Crippen molar-refractivity contribution in [1.29, 1.82) is 0 Å². The highest BCUT2D eigenvalue weighted by atomic mass is 16.3. The van der Waals surface area contributed by atoms with Crippen LogP contribution in [0.5, 0.6) is 0 Å². The molecule has 2 unspecified atom stereocenters. The van der Waals surface area contributed by atoms with Crippen LogP contribution < -0.4 is 5.32 Å². The zero-order chi connectivity index (χ0) is 47.7. The minimum Gasteiger partial charge on any atom is -0.394 e. The van der Waals surface area contributed by atoms with Crippen LogP contribution in [-0.4, -0.2) is 34.9 Å². The van der Waals surface area contributed by atoms with E-state index in [0.717, 1.165) is 25.7 Å². The van der Waals surface area contributed by atoms with Crippen LogP contribution in [0.4, 0.5) is 0 Å². The van der Waals surface area contributed by atoms with E-state index in [9.17, 15) is 15.0 Å². The molecule has 0 aliphatic heterocycles. The summed E-state index contributed by atoms with van der Waals surface area (Å²) >= 11 is 0. The average molecular weight is 931 g/mol. The molecule has 0 aliphatic rings. The van der Waals surface area contributed by atoms with E-state index in [1.165, 1.54) is 315 Å². The molecule has 0 heterocycles. The molecule has 4 heteroatoms. The molecule has 0 aliphatic carbocycles. The van der Waals surface area contributed by atoms with Crippen molar-refractivity contribution in [2.75, 3.05) is 6.61 Å². The smallest absolute Gasteiger partial charge is 0.220 e. The predicted octanol–water partition coefficient (Wildman–Crippen LogP) is 20.5. The number of hydrogen-bond acceptors (Lipinski definition) is 3. The largest absolute Gasteiger partial charge is 0.394 e. The van der Waals surface area contributed by atoms with Crippen molar-refractivity contribution >= 4 is 5.91 Å². The Balaban J connectivity index is 3.41. The fourth-order valence-electron chi connectivity index (χ4n) is 10.1. The number of unbranched alkanes of at least 4 members (excludes halogenated alkanes) is 51. The zero-order valence-electron chi connectivity index (χ0n) is 45.5. The summed E-state index contributed by atoms with van der Waals surface area (Å²) in [5.41, 5.74) is 0. The van der Waals surface area contributed by atoms with Gasteiger partial charge >= 0.3 is 0 Å². The molecule has 0 aromatic heterocycles. The lowest BCUT2D eigenvalue weighted by Crippen LogP contribution is -2.45. The van der Waals surface area contributed by atoms with Crippen LogP contribution >= 0.6 is 0 Å². The second-order valence-electron chi connectivity index (χ2n) is 21.5. The molecule has 0 radical (unpaired) electrons. The summed E-state index contributed by atoms with van der Waals surface area (Å²) in [4.78, 5) is 12.5. The van der Waals surface area contributed by atoms with Gasteiger partial charge in [0.15, 0.2) is 0 Å². The number of rotatable bonds is 58. The highest BCUT2D eigenvalue weighted by Gasteiger charge is 2.18. The quantitative estimate of drug-likeness (QED) is 0.0420. The van der Waals surface area contributed by atoms with Crippen LogP contribution in [0, 0.1) is 0 Å². The lowest BCUT2D eigenvalue weighted by Gasteiger charge is -2.20. The lowest BCUT2D eigenvalue weighted by molar-refractivity contribution is -0.123. The molecule has 66 heavy (non-hydrogen) atoms. The Morgan fingerprint density at radius 1 is 0.348 bits per heavy atom. The maximum Gasteiger partial charge on any atom is 0.220 e. The van der Waals surface area contributed by atoms with Crippen molar-refractivity contribution in [3.8, 4) is 0 Å². The van der Waals surface area contributed by atoms with Gasteiger partial charge in [-0.05, 0) is 19.3 Å². The van der Waals surface area contributed by atoms with Crippen LogP contribution in [-0.2, 0) is 4.79 Å². The molecule has 4 nitrogen and oxygen atoms in total. The van der Waals surface area contributed by atoms with Crippen molar-refractivity contribution in [1.82, 2.24) is 5.32 Å². The molecule has 0 fully saturated rings. The van der Waals surface area contributed by atoms with Crippen LogP contribution in [0.1, 0.15) is 361 Å². The monoisotopic (exact) mass is 930 g/mol. The van der Waals surface area contributed by atoms with Gasteiger partial charge in [-0.15, -0.1) is 0 Å². The van der Waals surface area contributed by atoms with Crippen molar-refractivity contribution < 1.29 is 15.0 Å². The minimum atomic E-state index is -0.836. The van der Waals surface area contributed by atoms with Crippen molar-refractivity contribution in [2.45, 2.75) is 373 Å². The van der Waals surface area contributed by atoms with E-state index >= 15 is 0 Å². The molecule has 0 saturated carbocycles. The number of hydrogen-bond donors (Lipinski definition) is 3. The molecule has 2 atom stereocenters. The first-order chi connectivity index (χ1) is 32.7. The Kier molecular flexibility index (Phi) is 57.7. The van der Waals surface area contributed by atoms with Gasteiger partial charge in [0.25, 0.3) is 0 Å². The summed E-state index contributed by atoms with van der Waals surface area (Å²) in [6, 6.07) is -0.619. The number of amides is 1. The van der Waals surface area contributed by atoms with E-state index < -0.39 is 12.1 Å². The van der Waals surface area contributed by atoms with Gasteiger partial charge in [0.05, 0.1) is 18.8 Å². The summed E-state index contributed by atoms with van der Waals surface area (Å²) in [6.45, 7) is 4.36. The van der Waals surface area contributed by atoms with E-state index in [-0.39, 0.29) is 12.5 Å². The number of aliphatic hydroxyl groups is 2. The Morgan fingerprint density at radius 2 is 0.561 bits per heavy atom. The highest BCUT2D eigenvalue weighted by molar-refractivity contribution is 5.76. The molecule has 394 valence electrons. The van der Waals surface area contributed by atoms with Gasteiger partial charge in [-0.25, -0.2) is 0 Å². The van der Waals surface area contributed by atoms with Gasteiger partial charge in [-0.3, -0.25) is 4.79 Å². The van der Waals surface area contributed by atoms with E-state index in [4.69, 9.17) is 0 Å². The fourth-order valence-corrected chi connectivity index (χ4v) is 10.1. The Morgan fingerprint density at radius 3 is 0.788 bits per heavy atom. The van der Waals surface area contributed by atoms with Gasteiger partial charge in [0.1, 0.15) is 0 Å². The van der Waals surface area contributed by atoms with Crippen molar-refractivity contribution in [3.05, 3.63) is 12.2 Å². The first-order valence-corrected chi connectivity index (χ1v) is 30.9. The third kappa shape index (κ3) is 54.1. The third-order valence-corrected chi connectivity index (χ3v) is 14.8. The first kappa shape index (κ1) is 65.1. The minimum absolute atomic E-state index is 0.0545. The van der Waals surface area contributed by atoms with Crippen molar-refractivity contribution in [2.24, 2.45) is 0 Å². The molecular formula is C62H123NO3. The topological polar surface area (TPSA) is 69.6 Å². The molecule has 0 spiro atoms. The SMILES string of the molecule is CCCCCCCCCCCCCCCCCCCCCC/C=C/C(O)C(CO)NC(=O)CCCCCCCCCCCCCCCCCCCCCCCCCCCCCCCCCC. The summed E-state index contributed by atoms with van der Waals surface area (Å²) in [6.07, 6.45) is 76.9. The summed E-state index contributed by atoms with van der Waals surface area (Å²) in [5, 5.41) is 23.2. The highest BCUT2D eigenvalue weighted by Crippen LogP contribution is 2.19. The predicted molar refractivity (Wildman–Crippen MR) is 295 cm³/mol. The molecular weight excluding hydrogens is 807 g/mol. The standard InChI is InChI=1S/C62H123NO3/c1-3-5-7-9-11-13-15-17-19-21-23-25-27-28-29-30-31-32-33-34-35-36-38-40-42-44-46-48-50-52-54-56-58-62(66)63-60(59-64)61(65)57-55-53-51-49-47-45-43-41-39-37-26-24-22-20-18-16-14-12-10-8-6-4-2/h55,57,60-61,64-65H,3-54,56,58-59H2,1-2H3,(H,63,66)/b57-55+. The van der Waals surface area contributed by atoms with Gasteiger partial charge < -0.3 is 15.5 Å². The normalized spacial score (nSPS) is 12.7. The van der Waals surface area contributed by atoms with Gasteiger partial charge in [0, 0.05) is 6.42 Å². The van der Waals surface area contributed by atoms with Gasteiger partial charge in [-0.2, -0.15) is 0 Å². The molecule has 0 aromatic carbocycles. The zero-order valence-corrected chi connectivity index (χ0v) is 45.5. The number of aliphatic hydroxyl groups excluding tert-OH is 2. The van der Waals surface area contributed by atoms with Crippen LogP contribution in [0.2, 0.25) is 0 Å². The van der Waals surface area contributed by atoms with Gasteiger partial charge in [-0.1, -0.05) is 347 Å². The van der Waals surface area contributed by atoms with Crippen LogP contribution in [0.25, 0.3) is 0 Å². The maximum atomic E-state index is 12.5. The number of allylic oxidation sites excluding steroid dienone is 1.